The molecule has 3 rings (SSSR count). The second kappa shape index (κ2) is 7.11. The van der Waals surface area contributed by atoms with E-state index >= 15 is 0 Å². The van der Waals surface area contributed by atoms with Gasteiger partial charge in [-0.15, -0.1) is 0 Å². The maximum atomic E-state index is 13.3. The Bertz CT molecular complexity index is 599. The van der Waals surface area contributed by atoms with Gasteiger partial charge in [-0.3, -0.25) is 9.69 Å². The van der Waals surface area contributed by atoms with E-state index in [2.05, 4.69) is 5.32 Å². The number of hydrogen-bond acceptors (Lipinski definition) is 3. The zero-order valence-electron chi connectivity index (χ0n) is 13.5. The summed E-state index contributed by atoms with van der Waals surface area (Å²) in [6.07, 6.45) is 2.04. The van der Waals surface area contributed by atoms with Crippen molar-refractivity contribution in [1.82, 2.24) is 10.2 Å². The van der Waals surface area contributed by atoms with Gasteiger partial charge in [-0.2, -0.15) is 0 Å². The second-order valence-electron chi connectivity index (χ2n) is 6.67. The average molecular weight is 342 g/mol. The Hall–Kier alpha value is -1.60. The Morgan fingerprint density at radius 3 is 2.50 bits per heavy atom. The van der Waals surface area contributed by atoms with Crippen LogP contribution in [0, 0.1) is 29.3 Å². The number of amides is 1. The van der Waals surface area contributed by atoms with E-state index in [9.17, 15) is 18.0 Å². The number of halogens is 3. The number of carbonyl (C=O) groups is 1. The van der Waals surface area contributed by atoms with Gasteiger partial charge in [0.2, 0.25) is 5.91 Å². The van der Waals surface area contributed by atoms with Crippen molar-refractivity contribution in [2.45, 2.75) is 25.4 Å². The maximum Gasteiger partial charge on any atom is 0.225 e. The summed E-state index contributed by atoms with van der Waals surface area (Å²) < 4.78 is 45.0. The van der Waals surface area contributed by atoms with Crippen molar-refractivity contribution in [2.75, 3.05) is 26.8 Å². The van der Waals surface area contributed by atoms with Crippen molar-refractivity contribution in [2.24, 2.45) is 11.8 Å². The summed E-state index contributed by atoms with van der Waals surface area (Å²) in [6, 6.07) is 2.29. The summed E-state index contributed by atoms with van der Waals surface area (Å²) >= 11 is 0. The molecule has 0 unspecified atom stereocenters. The van der Waals surface area contributed by atoms with E-state index < -0.39 is 17.5 Å². The largest absolute Gasteiger partial charge is 0.384 e. The van der Waals surface area contributed by atoms with E-state index in [4.69, 9.17) is 4.74 Å². The van der Waals surface area contributed by atoms with Crippen LogP contribution >= 0.6 is 0 Å². The Balaban J connectivity index is 1.67. The number of likely N-dealkylation sites (tertiary alicyclic amines) is 1. The molecule has 1 saturated heterocycles. The van der Waals surface area contributed by atoms with Crippen LogP contribution in [-0.2, 0) is 16.1 Å². The highest BCUT2D eigenvalue weighted by Gasteiger charge is 2.39. The van der Waals surface area contributed by atoms with E-state index in [1.807, 2.05) is 4.90 Å². The molecule has 1 saturated carbocycles. The highest BCUT2D eigenvalue weighted by atomic mass is 19.2. The molecule has 1 heterocycles. The molecule has 1 aliphatic carbocycles. The average Bonchev–Trinajstić information content (AvgIpc) is 3.25. The normalized spacial score (nSPS) is 24.3. The number of hydrogen-bond donors (Lipinski definition) is 1. The minimum atomic E-state index is -1.46. The minimum Gasteiger partial charge on any atom is -0.384 e. The van der Waals surface area contributed by atoms with Crippen molar-refractivity contribution in [3.63, 3.8) is 0 Å². The molecule has 2 fully saturated rings. The lowest BCUT2D eigenvalue weighted by Gasteiger charge is -2.16. The predicted octanol–water partition coefficient (Wildman–Crippen LogP) is 2.08. The van der Waals surface area contributed by atoms with Gasteiger partial charge < -0.3 is 10.1 Å². The Morgan fingerprint density at radius 2 is 1.92 bits per heavy atom. The number of carbonyl (C=O) groups excluding carboxylic acids is 1. The summed E-state index contributed by atoms with van der Waals surface area (Å²) in [5.41, 5.74) is 0.353. The Labute approximate surface area is 139 Å². The molecule has 0 bridgehead atoms. The smallest absolute Gasteiger partial charge is 0.225 e. The quantitative estimate of drug-likeness (QED) is 0.805. The third-order valence-electron chi connectivity index (χ3n) is 4.61. The first-order chi connectivity index (χ1) is 11.5. The maximum absolute atomic E-state index is 13.3. The van der Waals surface area contributed by atoms with Crippen LogP contribution in [0.15, 0.2) is 12.1 Å². The van der Waals surface area contributed by atoms with Crippen LogP contribution in [-0.4, -0.2) is 43.7 Å². The lowest BCUT2D eigenvalue weighted by Crippen LogP contribution is -2.37. The molecule has 1 aliphatic heterocycles. The molecule has 7 heteroatoms. The summed E-state index contributed by atoms with van der Waals surface area (Å²) in [7, 11) is 1.59. The Morgan fingerprint density at radius 1 is 1.25 bits per heavy atom. The number of nitrogens with one attached hydrogen (secondary N) is 1. The predicted molar refractivity (Wildman–Crippen MR) is 81.6 cm³/mol. The molecule has 4 nitrogen and oxygen atoms in total. The number of benzene rings is 1. The molecule has 1 N–H and O–H groups in total. The van der Waals surface area contributed by atoms with Crippen LogP contribution in [0.25, 0.3) is 0 Å². The zero-order valence-corrected chi connectivity index (χ0v) is 13.5. The van der Waals surface area contributed by atoms with Gasteiger partial charge in [0.05, 0.1) is 12.5 Å². The van der Waals surface area contributed by atoms with Crippen LogP contribution in [0.1, 0.15) is 18.4 Å². The van der Waals surface area contributed by atoms with Crippen molar-refractivity contribution < 1.29 is 22.7 Å². The van der Waals surface area contributed by atoms with Gasteiger partial charge in [-0.1, -0.05) is 0 Å². The standard InChI is InChI=1S/C17H21F3N2O2/c1-24-9-11-7-22(8-13(11)17(23)21-12-2-3-12)6-10-4-14(18)16(20)15(19)5-10/h4-5,11-13H,2-3,6-9H2,1H3,(H,21,23)/t11-,13+/m0/s1. The number of methoxy groups -OCH3 is 1. The molecule has 1 amide bonds. The van der Waals surface area contributed by atoms with E-state index in [1.54, 1.807) is 7.11 Å². The summed E-state index contributed by atoms with van der Waals surface area (Å²) in [6.45, 7) is 1.80. The third-order valence-corrected chi connectivity index (χ3v) is 4.61. The van der Waals surface area contributed by atoms with Gasteiger partial charge in [0, 0.05) is 38.7 Å². The van der Waals surface area contributed by atoms with Gasteiger partial charge in [0.1, 0.15) is 0 Å². The molecular weight excluding hydrogens is 321 g/mol. The fourth-order valence-electron chi connectivity index (χ4n) is 3.26. The van der Waals surface area contributed by atoms with Gasteiger partial charge >= 0.3 is 0 Å². The highest BCUT2D eigenvalue weighted by Crippen LogP contribution is 2.28. The van der Waals surface area contributed by atoms with E-state index in [-0.39, 0.29) is 30.3 Å². The second-order valence-corrected chi connectivity index (χ2v) is 6.67. The van der Waals surface area contributed by atoms with Crippen LogP contribution in [0.5, 0.6) is 0 Å². The van der Waals surface area contributed by atoms with Crippen molar-refractivity contribution in [3.05, 3.63) is 35.1 Å². The van der Waals surface area contributed by atoms with Crippen LogP contribution in [0.3, 0.4) is 0 Å². The molecular formula is C17H21F3N2O2. The summed E-state index contributed by atoms with van der Waals surface area (Å²) in [5, 5.41) is 3.00. The number of rotatable bonds is 6. The van der Waals surface area contributed by atoms with Crippen LogP contribution < -0.4 is 5.32 Å². The molecule has 0 aromatic heterocycles. The molecule has 2 atom stereocenters. The topological polar surface area (TPSA) is 41.6 Å². The lowest BCUT2D eigenvalue weighted by atomic mass is 9.96. The van der Waals surface area contributed by atoms with Gasteiger partial charge in [-0.05, 0) is 30.5 Å². The first-order valence-electron chi connectivity index (χ1n) is 8.13. The Kier molecular flexibility index (Phi) is 5.10. The first kappa shape index (κ1) is 17.2. The van der Waals surface area contributed by atoms with Crippen molar-refractivity contribution in [3.8, 4) is 0 Å². The SMILES string of the molecule is COC[C@@H]1CN(Cc2cc(F)c(F)c(F)c2)C[C@H]1C(=O)NC1CC1. The highest BCUT2D eigenvalue weighted by molar-refractivity contribution is 5.80. The van der Waals surface area contributed by atoms with Crippen molar-refractivity contribution >= 4 is 5.91 Å². The number of nitrogens with zero attached hydrogens (tertiary/aromatic N) is 1. The monoisotopic (exact) mass is 342 g/mol. The summed E-state index contributed by atoms with van der Waals surface area (Å²) in [5.74, 6) is -4.01. The molecule has 0 spiro atoms. The summed E-state index contributed by atoms with van der Waals surface area (Å²) in [4.78, 5) is 14.3. The van der Waals surface area contributed by atoms with E-state index in [0.29, 0.717) is 25.3 Å². The molecule has 1 aromatic carbocycles. The van der Waals surface area contributed by atoms with Gasteiger partial charge in [-0.25, -0.2) is 13.2 Å². The first-order valence-corrected chi connectivity index (χ1v) is 8.13. The molecule has 2 aliphatic rings. The van der Waals surface area contributed by atoms with Gasteiger partial charge in [0.25, 0.3) is 0 Å². The fraction of sp³-hybridized carbons (Fsp3) is 0.588. The molecule has 0 radical (unpaired) electrons. The lowest BCUT2D eigenvalue weighted by molar-refractivity contribution is -0.126. The van der Waals surface area contributed by atoms with E-state index in [0.717, 1.165) is 25.0 Å². The molecule has 132 valence electrons. The minimum absolute atomic E-state index is 0.0125. The van der Waals surface area contributed by atoms with Crippen LogP contribution in [0.2, 0.25) is 0 Å². The van der Waals surface area contributed by atoms with E-state index in [1.165, 1.54) is 0 Å². The van der Waals surface area contributed by atoms with Gasteiger partial charge in [0.15, 0.2) is 17.5 Å². The fourth-order valence-corrected chi connectivity index (χ4v) is 3.26. The molecule has 24 heavy (non-hydrogen) atoms. The third kappa shape index (κ3) is 3.89. The van der Waals surface area contributed by atoms with Crippen molar-refractivity contribution in [1.29, 1.82) is 0 Å². The zero-order chi connectivity index (χ0) is 17.3. The van der Waals surface area contributed by atoms with Crippen LogP contribution in [0.4, 0.5) is 13.2 Å². The molecule has 1 aromatic rings. The number of ether oxygens (including phenoxy) is 1.